The largest absolute Gasteiger partial charge is 0.398 e. The van der Waals surface area contributed by atoms with Crippen LogP contribution in [0, 0.1) is 0 Å². The van der Waals surface area contributed by atoms with Crippen LogP contribution >= 0.6 is 11.6 Å². The zero-order chi connectivity index (χ0) is 14.8. The molecule has 3 N–H and O–H groups in total. The molecular weight excluding hydrogens is 286 g/mol. The van der Waals surface area contributed by atoms with Crippen molar-refractivity contribution in [3.63, 3.8) is 0 Å². The van der Waals surface area contributed by atoms with Crippen molar-refractivity contribution in [2.45, 2.75) is 0 Å². The number of aromatic nitrogens is 1. The first-order chi connectivity index (χ1) is 10.2. The number of hydrogen-bond acceptors (Lipinski definition) is 3. The van der Waals surface area contributed by atoms with Gasteiger partial charge in [-0.05, 0) is 29.7 Å². The smallest absolute Gasteiger partial charge is 0.257 e. The lowest BCUT2D eigenvalue weighted by atomic mass is 10.1. The monoisotopic (exact) mass is 297 g/mol. The number of nitrogens with two attached hydrogens (primary N) is 1. The van der Waals surface area contributed by atoms with E-state index in [9.17, 15) is 4.79 Å². The summed E-state index contributed by atoms with van der Waals surface area (Å²) in [5.41, 5.74) is 7.13. The summed E-state index contributed by atoms with van der Waals surface area (Å²) in [6.07, 6.45) is 3.43. The number of nitrogen functional groups attached to an aromatic ring is 1. The highest BCUT2D eigenvalue weighted by molar-refractivity contribution is 6.36. The second-order valence-corrected chi connectivity index (χ2v) is 4.94. The predicted octanol–water partition coefficient (Wildman–Crippen LogP) is 3.72. The molecule has 0 aliphatic rings. The molecule has 0 atom stereocenters. The van der Waals surface area contributed by atoms with Gasteiger partial charge in [0.1, 0.15) is 0 Å². The Morgan fingerprint density at radius 1 is 1.14 bits per heavy atom. The number of fused-ring (bicyclic) bond motifs is 1. The van der Waals surface area contributed by atoms with Gasteiger partial charge in [-0.1, -0.05) is 29.8 Å². The SMILES string of the molecule is Nc1cccc(C(=O)Nc2cccc3ccncc23)c1Cl. The molecule has 1 aromatic heterocycles. The van der Waals surface area contributed by atoms with Crippen LogP contribution in [-0.2, 0) is 0 Å². The summed E-state index contributed by atoms with van der Waals surface area (Å²) in [4.78, 5) is 16.4. The predicted molar refractivity (Wildman–Crippen MR) is 85.6 cm³/mol. The lowest BCUT2D eigenvalue weighted by Crippen LogP contribution is -2.13. The Labute approximate surface area is 126 Å². The molecule has 0 bridgehead atoms. The highest BCUT2D eigenvalue weighted by Gasteiger charge is 2.13. The fourth-order valence-corrected chi connectivity index (χ4v) is 2.35. The fraction of sp³-hybridized carbons (Fsp3) is 0. The van der Waals surface area contributed by atoms with Gasteiger partial charge in [0.15, 0.2) is 0 Å². The molecule has 0 aliphatic carbocycles. The van der Waals surface area contributed by atoms with E-state index in [4.69, 9.17) is 17.3 Å². The van der Waals surface area contributed by atoms with Crippen molar-refractivity contribution in [3.8, 4) is 0 Å². The van der Waals surface area contributed by atoms with Gasteiger partial charge < -0.3 is 11.1 Å². The van der Waals surface area contributed by atoms with Crippen LogP contribution in [0.4, 0.5) is 11.4 Å². The van der Waals surface area contributed by atoms with Gasteiger partial charge in [-0.3, -0.25) is 9.78 Å². The molecule has 3 rings (SSSR count). The number of amides is 1. The average Bonchev–Trinajstić information content (AvgIpc) is 2.50. The minimum absolute atomic E-state index is 0.258. The van der Waals surface area contributed by atoms with Crippen LogP contribution in [0.3, 0.4) is 0 Å². The Balaban J connectivity index is 1.99. The molecular formula is C16H12ClN3O. The summed E-state index contributed by atoms with van der Waals surface area (Å²) in [6.45, 7) is 0. The molecule has 1 heterocycles. The second-order valence-electron chi connectivity index (χ2n) is 4.57. The first-order valence-electron chi connectivity index (χ1n) is 6.35. The Morgan fingerprint density at radius 3 is 2.81 bits per heavy atom. The lowest BCUT2D eigenvalue weighted by molar-refractivity contribution is 0.102. The molecule has 4 nitrogen and oxygen atoms in total. The molecule has 3 aromatic rings. The molecule has 0 spiro atoms. The molecule has 0 radical (unpaired) electrons. The van der Waals surface area contributed by atoms with Gasteiger partial charge >= 0.3 is 0 Å². The van der Waals surface area contributed by atoms with Crippen molar-refractivity contribution in [1.82, 2.24) is 4.98 Å². The summed E-state index contributed by atoms with van der Waals surface area (Å²) < 4.78 is 0. The molecule has 0 fully saturated rings. The third-order valence-corrected chi connectivity index (χ3v) is 3.63. The van der Waals surface area contributed by atoms with Gasteiger partial charge in [-0.15, -0.1) is 0 Å². The molecule has 21 heavy (non-hydrogen) atoms. The van der Waals surface area contributed by atoms with Gasteiger partial charge in [-0.2, -0.15) is 0 Å². The molecule has 1 amide bonds. The zero-order valence-corrected chi connectivity index (χ0v) is 11.8. The molecule has 2 aromatic carbocycles. The maximum Gasteiger partial charge on any atom is 0.257 e. The van der Waals surface area contributed by atoms with Crippen LogP contribution in [0.5, 0.6) is 0 Å². The van der Waals surface area contributed by atoms with Gasteiger partial charge in [0.25, 0.3) is 5.91 Å². The number of carbonyl (C=O) groups is 1. The van der Waals surface area contributed by atoms with Gasteiger partial charge in [0.2, 0.25) is 0 Å². The van der Waals surface area contributed by atoms with Crippen LogP contribution in [0.1, 0.15) is 10.4 Å². The number of nitrogens with zero attached hydrogens (tertiary/aromatic N) is 1. The molecule has 0 saturated carbocycles. The highest BCUT2D eigenvalue weighted by Crippen LogP contribution is 2.26. The van der Waals surface area contributed by atoms with E-state index in [0.717, 1.165) is 10.8 Å². The number of rotatable bonds is 2. The molecule has 0 unspecified atom stereocenters. The standard InChI is InChI=1S/C16H12ClN3O/c17-15-11(4-2-5-13(15)18)16(21)20-14-6-1-3-10-7-8-19-9-12(10)14/h1-9H,18H2,(H,20,21). The van der Waals surface area contributed by atoms with Crippen molar-refractivity contribution in [1.29, 1.82) is 0 Å². The van der Waals surface area contributed by atoms with Crippen molar-refractivity contribution in [2.24, 2.45) is 0 Å². The molecule has 0 aliphatic heterocycles. The van der Waals surface area contributed by atoms with Crippen LogP contribution in [-0.4, -0.2) is 10.9 Å². The summed E-state index contributed by atoms with van der Waals surface area (Å²) >= 11 is 6.07. The third kappa shape index (κ3) is 2.53. The van der Waals surface area contributed by atoms with Crippen LogP contribution < -0.4 is 11.1 Å². The van der Waals surface area contributed by atoms with E-state index in [1.54, 1.807) is 30.6 Å². The van der Waals surface area contributed by atoms with Gasteiger partial charge in [0, 0.05) is 17.8 Å². The van der Waals surface area contributed by atoms with E-state index < -0.39 is 0 Å². The fourth-order valence-electron chi connectivity index (χ4n) is 2.14. The van der Waals surface area contributed by atoms with Gasteiger partial charge in [-0.25, -0.2) is 0 Å². The Morgan fingerprint density at radius 2 is 1.95 bits per heavy atom. The first kappa shape index (κ1) is 13.4. The normalized spacial score (nSPS) is 10.5. The number of carbonyl (C=O) groups excluding carboxylic acids is 1. The highest BCUT2D eigenvalue weighted by atomic mass is 35.5. The number of hydrogen-bond donors (Lipinski definition) is 2. The molecule has 5 heteroatoms. The maximum atomic E-state index is 12.4. The Hall–Kier alpha value is -2.59. The topological polar surface area (TPSA) is 68.0 Å². The lowest BCUT2D eigenvalue weighted by Gasteiger charge is -2.10. The summed E-state index contributed by atoms with van der Waals surface area (Å²) in [5, 5.41) is 4.98. The van der Waals surface area contributed by atoms with Crippen molar-refractivity contribution in [2.75, 3.05) is 11.1 Å². The quantitative estimate of drug-likeness (QED) is 0.708. The van der Waals surface area contributed by atoms with Crippen LogP contribution in [0.15, 0.2) is 54.9 Å². The van der Waals surface area contributed by atoms with Gasteiger partial charge in [0.05, 0.1) is 22.0 Å². The Bertz CT molecular complexity index is 827. The van der Waals surface area contributed by atoms with Crippen LogP contribution in [0.25, 0.3) is 10.8 Å². The minimum atomic E-state index is -0.302. The Kier molecular flexibility index (Phi) is 3.46. The third-order valence-electron chi connectivity index (χ3n) is 3.21. The number of benzene rings is 2. The van der Waals surface area contributed by atoms with E-state index in [1.165, 1.54) is 0 Å². The van der Waals surface area contributed by atoms with Crippen LogP contribution in [0.2, 0.25) is 5.02 Å². The number of nitrogens with one attached hydrogen (secondary N) is 1. The molecule has 104 valence electrons. The van der Waals surface area contributed by atoms with E-state index in [0.29, 0.717) is 16.9 Å². The second kappa shape index (κ2) is 5.42. The zero-order valence-electron chi connectivity index (χ0n) is 11.0. The van der Waals surface area contributed by atoms with E-state index in [2.05, 4.69) is 10.3 Å². The van der Waals surface area contributed by atoms with E-state index >= 15 is 0 Å². The summed E-state index contributed by atoms with van der Waals surface area (Å²) in [6, 6.07) is 12.5. The number of pyridine rings is 1. The number of halogens is 1. The summed E-state index contributed by atoms with van der Waals surface area (Å²) in [5.74, 6) is -0.302. The van der Waals surface area contributed by atoms with Crippen molar-refractivity contribution in [3.05, 3.63) is 65.4 Å². The van der Waals surface area contributed by atoms with Crippen molar-refractivity contribution >= 4 is 39.7 Å². The van der Waals surface area contributed by atoms with E-state index in [1.807, 2.05) is 24.3 Å². The average molecular weight is 298 g/mol. The number of anilines is 2. The summed E-state index contributed by atoms with van der Waals surface area (Å²) in [7, 11) is 0. The van der Waals surface area contributed by atoms with E-state index in [-0.39, 0.29) is 10.9 Å². The minimum Gasteiger partial charge on any atom is -0.398 e. The van der Waals surface area contributed by atoms with Crippen molar-refractivity contribution < 1.29 is 4.79 Å². The first-order valence-corrected chi connectivity index (χ1v) is 6.72. The maximum absolute atomic E-state index is 12.4. The molecule has 0 saturated heterocycles.